The van der Waals surface area contributed by atoms with Gasteiger partial charge in [0.15, 0.2) is 6.10 Å². The minimum absolute atomic E-state index is 0.124. The first-order valence-electron chi connectivity index (χ1n) is 10.9. The second-order valence-corrected chi connectivity index (χ2v) is 7.98. The molecule has 5 heteroatoms. The molecule has 30 heavy (non-hydrogen) atoms. The van der Waals surface area contributed by atoms with Crippen LogP contribution in [0, 0.1) is 0 Å². The highest BCUT2D eigenvalue weighted by Gasteiger charge is 2.25. The molecule has 1 saturated carbocycles. The molecule has 0 aromatic heterocycles. The number of hydrogen-bond donors (Lipinski definition) is 1. The number of amides is 2. The fraction of sp³-hybridized carbons (Fsp3) is 0.440. The van der Waals surface area contributed by atoms with E-state index in [0.717, 1.165) is 32.1 Å². The van der Waals surface area contributed by atoms with Crippen molar-refractivity contribution in [2.75, 3.05) is 11.9 Å². The number of carbonyl (C=O) groups is 2. The Morgan fingerprint density at radius 2 is 1.73 bits per heavy atom. The third kappa shape index (κ3) is 5.41. The van der Waals surface area contributed by atoms with Gasteiger partial charge in [0.25, 0.3) is 11.8 Å². The molecular weight excluding hydrogens is 376 g/mol. The van der Waals surface area contributed by atoms with Crippen molar-refractivity contribution in [2.24, 2.45) is 0 Å². The first-order chi connectivity index (χ1) is 14.5. The lowest BCUT2D eigenvalue weighted by molar-refractivity contribution is -0.124. The maximum Gasteiger partial charge on any atom is 0.267 e. The third-order valence-electron chi connectivity index (χ3n) is 5.77. The first-order valence-corrected chi connectivity index (χ1v) is 10.9. The number of ether oxygens (including phenoxy) is 1. The average molecular weight is 409 g/mol. The summed E-state index contributed by atoms with van der Waals surface area (Å²) in [5.41, 5.74) is 2.32. The van der Waals surface area contributed by atoms with Crippen molar-refractivity contribution >= 4 is 17.5 Å². The molecule has 0 aliphatic heterocycles. The topological polar surface area (TPSA) is 58.6 Å². The predicted octanol–water partition coefficient (Wildman–Crippen LogP) is 4.74. The fourth-order valence-corrected chi connectivity index (χ4v) is 3.92. The van der Waals surface area contributed by atoms with Gasteiger partial charge in [-0.1, -0.05) is 50.5 Å². The number of anilines is 1. The lowest BCUT2D eigenvalue weighted by Crippen LogP contribution is -2.40. The number of carbonyl (C=O) groups excluding carboxylic acids is 2. The van der Waals surface area contributed by atoms with Gasteiger partial charge in [-0.05, 0) is 56.0 Å². The molecule has 0 heterocycles. The van der Waals surface area contributed by atoms with E-state index < -0.39 is 6.10 Å². The van der Waals surface area contributed by atoms with Crippen molar-refractivity contribution in [3.8, 4) is 5.75 Å². The number of para-hydroxylation sites is 1. The highest BCUT2D eigenvalue weighted by molar-refractivity contribution is 6.05. The van der Waals surface area contributed by atoms with Gasteiger partial charge in [-0.3, -0.25) is 9.59 Å². The van der Waals surface area contributed by atoms with E-state index in [9.17, 15) is 9.59 Å². The molecular formula is C25H32N2O3. The summed E-state index contributed by atoms with van der Waals surface area (Å²) in [6.45, 7) is 3.83. The molecule has 0 bridgehead atoms. The third-order valence-corrected chi connectivity index (χ3v) is 5.77. The Kier molecular flexibility index (Phi) is 7.50. The summed E-state index contributed by atoms with van der Waals surface area (Å²) in [7, 11) is 1.69. The van der Waals surface area contributed by atoms with Crippen LogP contribution in [0.1, 0.15) is 61.9 Å². The van der Waals surface area contributed by atoms with Gasteiger partial charge < -0.3 is 15.0 Å². The second kappa shape index (κ2) is 10.3. The fourth-order valence-electron chi connectivity index (χ4n) is 3.92. The van der Waals surface area contributed by atoms with Crippen molar-refractivity contribution in [1.29, 1.82) is 0 Å². The second-order valence-electron chi connectivity index (χ2n) is 7.98. The van der Waals surface area contributed by atoms with E-state index in [-0.39, 0.29) is 17.9 Å². The van der Waals surface area contributed by atoms with Crippen LogP contribution in [0.2, 0.25) is 0 Å². The zero-order chi connectivity index (χ0) is 21.5. The molecule has 160 valence electrons. The van der Waals surface area contributed by atoms with Crippen LogP contribution < -0.4 is 15.0 Å². The molecule has 0 radical (unpaired) electrons. The Hall–Kier alpha value is -2.82. The normalized spacial score (nSPS) is 15.3. The van der Waals surface area contributed by atoms with Crippen LogP contribution in [0.3, 0.4) is 0 Å². The zero-order valence-corrected chi connectivity index (χ0v) is 18.2. The summed E-state index contributed by atoms with van der Waals surface area (Å²) in [6, 6.07) is 15.2. The van der Waals surface area contributed by atoms with Gasteiger partial charge in [0.05, 0.1) is 11.3 Å². The summed E-state index contributed by atoms with van der Waals surface area (Å²) in [5.74, 6) is 0.332. The molecule has 2 amide bonds. The molecule has 1 fully saturated rings. The minimum atomic E-state index is -0.670. The van der Waals surface area contributed by atoms with Gasteiger partial charge in [0, 0.05) is 13.1 Å². The quantitative estimate of drug-likeness (QED) is 0.720. The van der Waals surface area contributed by atoms with Crippen molar-refractivity contribution < 1.29 is 14.3 Å². The maximum atomic E-state index is 13.0. The lowest BCUT2D eigenvalue weighted by Gasteiger charge is -2.26. The summed E-state index contributed by atoms with van der Waals surface area (Å²) in [4.78, 5) is 27.4. The van der Waals surface area contributed by atoms with Gasteiger partial charge in [-0.25, -0.2) is 0 Å². The van der Waals surface area contributed by atoms with Crippen LogP contribution in [-0.2, 0) is 11.2 Å². The van der Waals surface area contributed by atoms with Gasteiger partial charge in [0.2, 0.25) is 0 Å². The molecule has 5 nitrogen and oxygen atoms in total. The maximum absolute atomic E-state index is 13.0. The standard InChI is InChI=1S/C25H32N2O3/c1-4-19-14-16-21(17-15-19)30-18(2)25(29)27(3)23-13-9-8-12-22(23)24(28)26-20-10-6-5-7-11-20/h8-9,12-18,20H,4-7,10-11H2,1-3H3,(H,26,28). The van der Waals surface area contributed by atoms with Gasteiger partial charge in [-0.15, -0.1) is 0 Å². The molecule has 2 aromatic carbocycles. The number of likely N-dealkylation sites (N-methyl/N-ethyl adjacent to an activating group) is 1. The highest BCUT2D eigenvalue weighted by atomic mass is 16.5. The van der Waals surface area contributed by atoms with Crippen LogP contribution in [0.5, 0.6) is 5.75 Å². The van der Waals surface area contributed by atoms with E-state index in [1.165, 1.54) is 16.9 Å². The largest absolute Gasteiger partial charge is 0.481 e. The Labute approximate surface area is 179 Å². The molecule has 0 saturated heterocycles. The molecule has 1 aliphatic carbocycles. The van der Waals surface area contributed by atoms with Crippen molar-refractivity contribution in [2.45, 2.75) is 64.5 Å². The van der Waals surface area contributed by atoms with Gasteiger partial charge >= 0.3 is 0 Å². The SMILES string of the molecule is CCc1ccc(OC(C)C(=O)N(C)c2ccccc2C(=O)NC2CCCCC2)cc1. The van der Waals surface area contributed by atoms with Gasteiger partial charge in [0.1, 0.15) is 5.75 Å². The molecule has 1 N–H and O–H groups in total. The monoisotopic (exact) mass is 408 g/mol. The lowest BCUT2D eigenvalue weighted by atomic mass is 9.95. The number of rotatable bonds is 7. The van der Waals surface area contributed by atoms with E-state index in [4.69, 9.17) is 4.74 Å². The van der Waals surface area contributed by atoms with Crippen molar-refractivity contribution in [3.63, 3.8) is 0 Å². The van der Waals surface area contributed by atoms with Crippen LogP contribution in [-0.4, -0.2) is 31.0 Å². The Morgan fingerprint density at radius 3 is 2.40 bits per heavy atom. The molecule has 1 atom stereocenters. The van der Waals surface area contributed by atoms with Crippen molar-refractivity contribution in [3.05, 3.63) is 59.7 Å². The summed E-state index contributed by atoms with van der Waals surface area (Å²) in [6.07, 6.45) is 5.86. The first kappa shape index (κ1) is 21.9. The van der Waals surface area contributed by atoms with Crippen molar-refractivity contribution in [1.82, 2.24) is 5.32 Å². The molecule has 1 unspecified atom stereocenters. The minimum Gasteiger partial charge on any atom is -0.481 e. The summed E-state index contributed by atoms with van der Waals surface area (Å²) >= 11 is 0. The summed E-state index contributed by atoms with van der Waals surface area (Å²) in [5, 5.41) is 3.14. The van der Waals surface area contributed by atoms with E-state index >= 15 is 0 Å². The van der Waals surface area contributed by atoms with Gasteiger partial charge in [-0.2, -0.15) is 0 Å². The Morgan fingerprint density at radius 1 is 1.07 bits per heavy atom. The van der Waals surface area contributed by atoms with E-state index in [1.54, 1.807) is 26.1 Å². The number of nitrogens with one attached hydrogen (secondary N) is 1. The van der Waals surface area contributed by atoms with Crippen LogP contribution in [0.15, 0.2) is 48.5 Å². The number of benzene rings is 2. The Balaban J connectivity index is 1.69. The molecule has 1 aliphatic rings. The zero-order valence-electron chi connectivity index (χ0n) is 18.2. The predicted molar refractivity (Wildman–Crippen MR) is 120 cm³/mol. The molecule has 3 rings (SSSR count). The number of aryl methyl sites for hydroxylation is 1. The number of hydrogen-bond acceptors (Lipinski definition) is 3. The molecule has 2 aromatic rings. The van der Waals surface area contributed by atoms with E-state index in [1.807, 2.05) is 36.4 Å². The van der Waals surface area contributed by atoms with Crippen LogP contribution in [0.25, 0.3) is 0 Å². The summed E-state index contributed by atoms with van der Waals surface area (Å²) < 4.78 is 5.85. The van der Waals surface area contributed by atoms with E-state index in [0.29, 0.717) is 17.0 Å². The van der Waals surface area contributed by atoms with Crippen LogP contribution in [0.4, 0.5) is 5.69 Å². The van der Waals surface area contributed by atoms with E-state index in [2.05, 4.69) is 12.2 Å². The molecule has 0 spiro atoms. The average Bonchev–Trinajstić information content (AvgIpc) is 2.79. The smallest absolute Gasteiger partial charge is 0.267 e. The highest BCUT2D eigenvalue weighted by Crippen LogP contribution is 2.23. The van der Waals surface area contributed by atoms with Crippen LogP contribution >= 0.6 is 0 Å². The number of nitrogens with zero attached hydrogens (tertiary/aromatic N) is 1. The Bertz CT molecular complexity index is 857.